The molecule has 0 radical (unpaired) electrons. The molecule has 0 N–H and O–H groups in total. The second kappa shape index (κ2) is 10.6. The maximum atomic E-state index is 2.43. The van der Waals surface area contributed by atoms with Crippen molar-refractivity contribution in [1.29, 1.82) is 0 Å². The van der Waals surface area contributed by atoms with E-state index in [9.17, 15) is 0 Å². The van der Waals surface area contributed by atoms with Gasteiger partial charge in [-0.25, -0.2) is 0 Å². The minimum atomic E-state index is 1.16. The molecule has 2 nitrogen and oxygen atoms in total. The van der Waals surface area contributed by atoms with E-state index in [1.54, 1.807) is 0 Å². The molecule has 0 saturated carbocycles. The summed E-state index contributed by atoms with van der Waals surface area (Å²) in [7, 11) is 0. The quantitative estimate of drug-likeness (QED) is 0.188. The molecule has 0 fully saturated rings. The Morgan fingerprint density at radius 1 is 0.250 bits per heavy atom. The van der Waals surface area contributed by atoms with Gasteiger partial charge in [-0.3, -0.25) is 0 Å². The van der Waals surface area contributed by atoms with Gasteiger partial charge in [-0.1, -0.05) is 121 Å². The van der Waals surface area contributed by atoms with Gasteiger partial charge in [0, 0.05) is 32.9 Å². The predicted octanol–water partition coefficient (Wildman–Crippen LogP) is 12.4. The van der Waals surface area contributed by atoms with Crippen molar-refractivity contribution in [1.82, 2.24) is 9.13 Å². The Balaban J connectivity index is 1.16. The number of fused-ring (bicyclic) bond motifs is 7. The first kappa shape index (κ1) is 26.8. The van der Waals surface area contributed by atoms with E-state index in [-0.39, 0.29) is 0 Å². The highest BCUT2D eigenvalue weighted by molar-refractivity contribution is 6.12. The fourth-order valence-corrected chi connectivity index (χ4v) is 7.63. The molecule has 0 aliphatic heterocycles. The molecule has 0 unspecified atom stereocenters. The van der Waals surface area contributed by atoms with Crippen LogP contribution in [0.5, 0.6) is 0 Å². The predicted molar refractivity (Wildman–Crippen MR) is 203 cm³/mol. The molecule has 10 aromatic rings. The lowest BCUT2D eigenvalue weighted by Crippen LogP contribution is -1.94. The summed E-state index contributed by atoms with van der Waals surface area (Å²) in [6, 6.07) is 66.3. The van der Waals surface area contributed by atoms with Gasteiger partial charge in [0.25, 0.3) is 0 Å². The summed E-state index contributed by atoms with van der Waals surface area (Å²) in [6.45, 7) is 0. The van der Waals surface area contributed by atoms with Crippen LogP contribution in [-0.4, -0.2) is 9.13 Å². The number of rotatable bonds is 4. The van der Waals surface area contributed by atoms with E-state index in [1.165, 1.54) is 82.3 Å². The Bertz CT molecular complexity index is 2830. The van der Waals surface area contributed by atoms with Crippen LogP contribution in [0.3, 0.4) is 0 Å². The van der Waals surface area contributed by atoms with Crippen molar-refractivity contribution in [3.05, 3.63) is 182 Å². The van der Waals surface area contributed by atoms with E-state index in [2.05, 4.69) is 191 Å². The van der Waals surface area contributed by atoms with E-state index >= 15 is 0 Å². The summed E-state index contributed by atoms with van der Waals surface area (Å²) in [4.78, 5) is 0. The second-order valence-corrected chi connectivity index (χ2v) is 12.6. The van der Waals surface area contributed by atoms with Crippen LogP contribution in [-0.2, 0) is 0 Å². The molecular formula is C46H30N2. The molecule has 0 spiro atoms. The molecule has 2 heteroatoms. The molecule has 0 bridgehead atoms. The van der Waals surface area contributed by atoms with Crippen molar-refractivity contribution < 1.29 is 0 Å². The Kier molecular flexibility index (Phi) is 5.91. The zero-order valence-corrected chi connectivity index (χ0v) is 26.2. The number of benzene rings is 8. The molecule has 0 aliphatic rings. The third-order valence-corrected chi connectivity index (χ3v) is 9.88. The number of aromatic nitrogens is 2. The molecule has 0 atom stereocenters. The van der Waals surface area contributed by atoms with Gasteiger partial charge in [-0.05, 0) is 93.7 Å². The third-order valence-electron chi connectivity index (χ3n) is 9.88. The molecule has 0 aliphatic carbocycles. The van der Waals surface area contributed by atoms with Crippen molar-refractivity contribution in [3.8, 4) is 33.6 Å². The first-order chi connectivity index (χ1) is 23.8. The van der Waals surface area contributed by atoms with E-state index in [0.29, 0.717) is 0 Å². The van der Waals surface area contributed by atoms with Gasteiger partial charge in [0.15, 0.2) is 0 Å². The van der Waals surface area contributed by atoms with Crippen LogP contribution in [0.25, 0.3) is 88.0 Å². The maximum absolute atomic E-state index is 2.43. The van der Waals surface area contributed by atoms with Crippen molar-refractivity contribution in [2.45, 2.75) is 0 Å². The van der Waals surface area contributed by atoms with E-state index in [1.807, 2.05) is 0 Å². The highest BCUT2D eigenvalue weighted by Gasteiger charge is 2.16. The van der Waals surface area contributed by atoms with Crippen molar-refractivity contribution in [2.75, 3.05) is 0 Å². The molecule has 10 rings (SSSR count). The zero-order chi connectivity index (χ0) is 31.6. The fourth-order valence-electron chi connectivity index (χ4n) is 7.63. The summed E-state index contributed by atoms with van der Waals surface area (Å²) >= 11 is 0. The Labute approximate surface area is 278 Å². The van der Waals surface area contributed by atoms with Crippen molar-refractivity contribution >= 4 is 54.4 Å². The Hall–Kier alpha value is -6.38. The molecule has 2 aromatic heterocycles. The van der Waals surface area contributed by atoms with E-state index in [0.717, 1.165) is 5.69 Å². The zero-order valence-electron chi connectivity index (χ0n) is 26.2. The molecule has 8 aromatic carbocycles. The van der Waals surface area contributed by atoms with Crippen LogP contribution < -0.4 is 0 Å². The monoisotopic (exact) mass is 610 g/mol. The number of para-hydroxylation sites is 3. The topological polar surface area (TPSA) is 9.86 Å². The Morgan fingerprint density at radius 3 is 1.62 bits per heavy atom. The molecule has 224 valence electrons. The molecular weight excluding hydrogens is 581 g/mol. The van der Waals surface area contributed by atoms with Crippen LogP contribution in [0.4, 0.5) is 0 Å². The Morgan fingerprint density at radius 2 is 0.792 bits per heavy atom. The first-order valence-electron chi connectivity index (χ1n) is 16.5. The number of hydrogen-bond donors (Lipinski definition) is 0. The molecule has 0 amide bonds. The smallest absolute Gasteiger partial charge is 0.0547 e. The average molecular weight is 611 g/mol. The van der Waals surface area contributed by atoms with Gasteiger partial charge < -0.3 is 9.13 Å². The van der Waals surface area contributed by atoms with Crippen LogP contribution in [0.2, 0.25) is 0 Å². The largest absolute Gasteiger partial charge is 0.309 e. The third kappa shape index (κ3) is 4.13. The summed E-state index contributed by atoms with van der Waals surface area (Å²) in [5.74, 6) is 0. The highest BCUT2D eigenvalue weighted by Crippen LogP contribution is 2.38. The SMILES string of the molecule is c1ccc(-n2c3ccccc3c3cc(-c4ccc5c6ccccc6n(-c6cccc(-c7ccc8ccccc8c7)c6)c5c4)ccc32)cc1. The van der Waals surface area contributed by atoms with Gasteiger partial charge in [-0.2, -0.15) is 0 Å². The van der Waals surface area contributed by atoms with Gasteiger partial charge in [-0.15, -0.1) is 0 Å². The lowest BCUT2D eigenvalue weighted by atomic mass is 10.0. The lowest BCUT2D eigenvalue weighted by molar-refractivity contribution is 1.18. The first-order valence-corrected chi connectivity index (χ1v) is 16.5. The van der Waals surface area contributed by atoms with E-state index in [4.69, 9.17) is 0 Å². The van der Waals surface area contributed by atoms with E-state index < -0.39 is 0 Å². The molecule has 0 saturated heterocycles. The van der Waals surface area contributed by atoms with Crippen LogP contribution >= 0.6 is 0 Å². The minimum absolute atomic E-state index is 1.16. The summed E-state index contributed by atoms with van der Waals surface area (Å²) in [5, 5.41) is 7.55. The van der Waals surface area contributed by atoms with Crippen LogP contribution in [0, 0.1) is 0 Å². The average Bonchev–Trinajstić information content (AvgIpc) is 3.67. The van der Waals surface area contributed by atoms with Crippen molar-refractivity contribution in [2.24, 2.45) is 0 Å². The summed E-state index contributed by atoms with van der Waals surface area (Å²) in [5.41, 5.74) is 12.0. The number of nitrogens with zero attached hydrogens (tertiary/aromatic N) is 2. The second-order valence-electron chi connectivity index (χ2n) is 12.6. The normalized spacial score (nSPS) is 11.8. The van der Waals surface area contributed by atoms with Gasteiger partial charge in [0.05, 0.1) is 22.1 Å². The molecule has 48 heavy (non-hydrogen) atoms. The van der Waals surface area contributed by atoms with Gasteiger partial charge in [0.2, 0.25) is 0 Å². The van der Waals surface area contributed by atoms with Crippen molar-refractivity contribution in [3.63, 3.8) is 0 Å². The maximum Gasteiger partial charge on any atom is 0.0547 e. The number of hydrogen-bond acceptors (Lipinski definition) is 0. The van der Waals surface area contributed by atoms with Gasteiger partial charge >= 0.3 is 0 Å². The summed E-state index contributed by atoms with van der Waals surface area (Å²) in [6.07, 6.45) is 0. The highest BCUT2D eigenvalue weighted by atomic mass is 15.0. The van der Waals surface area contributed by atoms with Crippen LogP contribution in [0.1, 0.15) is 0 Å². The standard InChI is InChI=1S/C46H30N2/c1-2-14-37(15-3-1)47-44-20-9-7-18-40(44)42-29-35(24-26-45(42)47)36-23-25-41-39-17-6-8-19-43(39)48(46(41)30-36)38-16-10-13-33(28-38)34-22-21-31-11-4-5-12-32(31)27-34/h1-30H. The lowest BCUT2D eigenvalue weighted by Gasteiger charge is -2.12. The minimum Gasteiger partial charge on any atom is -0.309 e. The molecule has 2 heterocycles. The summed E-state index contributed by atoms with van der Waals surface area (Å²) < 4.78 is 4.80. The van der Waals surface area contributed by atoms with Gasteiger partial charge in [0.1, 0.15) is 0 Å². The fraction of sp³-hybridized carbons (Fsp3) is 0. The van der Waals surface area contributed by atoms with Crippen LogP contribution in [0.15, 0.2) is 182 Å².